The molecule has 1 aliphatic heterocycles. The summed E-state index contributed by atoms with van der Waals surface area (Å²) in [7, 11) is 1.70. The fourth-order valence-corrected chi connectivity index (χ4v) is 7.17. The maximum absolute atomic E-state index is 15.2. The zero-order chi connectivity index (χ0) is 35.1. The topological polar surface area (TPSA) is 117 Å². The third-order valence-corrected chi connectivity index (χ3v) is 9.71. The molecule has 12 heteroatoms. The predicted molar refractivity (Wildman–Crippen MR) is 187 cm³/mol. The van der Waals surface area contributed by atoms with Crippen molar-refractivity contribution in [1.82, 2.24) is 15.3 Å². The van der Waals surface area contributed by atoms with Crippen molar-refractivity contribution in [2.45, 2.75) is 128 Å². The third kappa shape index (κ3) is 8.93. The molecule has 2 amide bonds. The Morgan fingerprint density at radius 2 is 1.76 bits per heavy atom. The Hall–Kier alpha value is -4.09. The molecule has 10 nitrogen and oxygen atoms in total. The van der Waals surface area contributed by atoms with Crippen LogP contribution in [0.5, 0.6) is 0 Å². The number of unbranched alkanes of at least 4 members (excludes halogenated alkanes) is 1. The molecule has 0 bridgehead atoms. The smallest absolute Gasteiger partial charge is 0.328 e. The van der Waals surface area contributed by atoms with Crippen LogP contribution < -0.4 is 20.4 Å². The average molecular weight is 681 g/mol. The summed E-state index contributed by atoms with van der Waals surface area (Å²) < 4.78 is 36.1. The molecule has 2 N–H and O–H groups in total. The lowest BCUT2D eigenvalue weighted by atomic mass is 10.0. The molecule has 1 aromatic heterocycles. The molecule has 2 atom stereocenters. The molecular weight excluding hydrogens is 630 g/mol. The zero-order valence-corrected chi connectivity index (χ0v) is 29.1. The Labute approximate surface area is 288 Å². The first kappa shape index (κ1) is 36.2. The first-order valence-corrected chi connectivity index (χ1v) is 17.9. The third-order valence-electron chi connectivity index (χ3n) is 9.71. The maximum atomic E-state index is 15.2. The van der Waals surface area contributed by atoms with Crippen molar-refractivity contribution in [1.29, 1.82) is 0 Å². The molecule has 0 unspecified atom stereocenters. The lowest BCUT2D eigenvalue weighted by molar-refractivity contribution is -0.153. The predicted octanol–water partition coefficient (Wildman–Crippen LogP) is 7.20. The van der Waals surface area contributed by atoms with E-state index in [1.54, 1.807) is 24.1 Å². The minimum atomic E-state index is -0.799. The molecule has 0 spiro atoms. The summed E-state index contributed by atoms with van der Waals surface area (Å²) in [5.74, 6) is -1.36. The van der Waals surface area contributed by atoms with Gasteiger partial charge in [-0.2, -0.15) is 4.98 Å². The Balaban J connectivity index is 1.17. The van der Waals surface area contributed by atoms with Crippen LogP contribution in [0.1, 0.15) is 110 Å². The molecule has 2 fully saturated rings. The number of halogens is 2. The molecule has 5 rings (SSSR count). The van der Waals surface area contributed by atoms with Crippen molar-refractivity contribution in [3.05, 3.63) is 41.6 Å². The quantitative estimate of drug-likeness (QED) is 0.159. The van der Waals surface area contributed by atoms with Crippen LogP contribution in [0.25, 0.3) is 6.08 Å². The van der Waals surface area contributed by atoms with Crippen LogP contribution in [0.4, 0.5) is 31.9 Å². The number of fused-ring (bicyclic) bond motifs is 1. The van der Waals surface area contributed by atoms with E-state index in [1.165, 1.54) is 18.3 Å². The van der Waals surface area contributed by atoms with Gasteiger partial charge >= 0.3 is 5.97 Å². The van der Waals surface area contributed by atoms with E-state index >= 15 is 8.78 Å². The molecule has 266 valence electrons. The minimum Gasteiger partial charge on any atom is -0.461 e. The Bertz CT molecular complexity index is 1500. The summed E-state index contributed by atoms with van der Waals surface area (Å²) >= 11 is 0. The van der Waals surface area contributed by atoms with Crippen molar-refractivity contribution < 1.29 is 27.9 Å². The number of ether oxygens (including phenoxy) is 1. The first-order chi connectivity index (χ1) is 23.5. The van der Waals surface area contributed by atoms with Crippen molar-refractivity contribution in [3.8, 4) is 0 Å². The van der Waals surface area contributed by atoms with Crippen LogP contribution >= 0.6 is 0 Å². The van der Waals surface area contributed by atoms with E-state index in [2.05, 4.69) is 25.5 Å². The highest BCUT2D eigenvalue weighted by Gasteiger charge is 2.41. The van der Waals surface area contributed by atoms with Gasteiger partial charge in [-0.1, -0.05) is 45.8 Å². The highest BCUT2D eigenvalue weighted by atomic mass is 19.1. The Morgan fingerprint density at radius 3 is 2.41 bits per heavy atom. The van der Waals surface area contributed by atoms with E-state index in [1.807, 2.05) is 20.8 Å². The summed E-state index contributed by atoms with van der Waals surface area (Å²) in [4.78, 5) is 51.1. The number of carbonyl (C=O) groups excluding carboxylic acids is 3. The van der Waals surface area contributed by atoms with Gasteiger partial charge in [0.15, 0.2) is 5.82 Å². The van der Waals surface area contributed by atoms with Gasteiger partial charge in [0, 0.05) is 19.5 Å². The SMILES string of the molecule is CC[C@@H]1C(=O)N(C)c2cnc(Nc3c(F)cc(C=CCCCC(=O)N[C@@H](CC(C)C)C(=O)OC4CCCC4)cc3F)nc2N1C1CCCC1. The summed E-state index contributed by atoms with van der Waals surface area (Å²) in [5.41, 5.74) is 0.542. The second-order valence-corrected chi connectivity index (χ2v) is 13.9. The second-order valence-electron chi connectivity index (χ2n) is 13.9. The molecule has 3 aliphatic rings. The van der Waals surface area contributed by atoms with E-state index in [0.29, 0.717) is 42.8 Å². The van der Waals surface area contributed by atoms with Gasteiger partial charge in [0.05, 0.1) is 6.20 Å². The number of anilines is 4. The van der Waals surface area contributed by atoms with E-state index in [-0.39, 0.29) is 59.9 Å². The number of likely N-dealkylation sites (N-methyl/N-ethyl adjacent to an activating group) is 1. The van der Waals surface area contributed by atoms with Gasteiger partial charge < -0.3 is 25.2 Å². The Morgan fingerprint density at radius 1 is 1.08 bits per heavy atom. The monoisotopic (exact) mass is 680 g/mol. The fourth-order valence-electron chi connectivity index (χ4n) is 7.17. The number of carbonyl (C=O) groups is 3. The fraction of sp³-hybridized carbons (Fsp3) is 0.595. The normalized spacial score (nSPS) is 19.2. The molecule has 1 aromatic carbocycles. The van der Waals surface area contributed by atoms with Crippen molar-refractivity contribution in [2.75, 3.05) is 22.2 Å². The van der Waals surface area contributed by atoms with Crippen LogP contribution in [0.2, 0.25) is 0 Å². The standard InChI is InChI=1S/C37H50F2N6O4/c1-5-30-35(47)44(4)31-22-40-37(43-34(31)45(30)25-14-9-10-15-25)42-33-27(38)20-24(21-28(33)39)13-7-6-8-18-32(46)41-29(19-23(2)3)36(48)49-26-16-11-12-17-26/h7,13,20-23,25-26,29-30H,5-6,8-12,14-19H2,1-4H3,(H,41,46)(H,40,42,43)/t29-,30+/m0/s1. The number of hydrogen-bond donors (Lipinski definition) is 2. The first-order valence-electron chi connectivity index (χ1n) is 17.9. The lowest BCUT2D eigenvalue weighted by Gasteiger charge is -2.43. The lowest BCUT2D eigenvalue weighted by Crippen LogP contribution is -2.55. The molecule has 49 heavy (non-hydrogen) atoms. The van der Waals surface area contributed by atoms with Gasteiger partial charge in [0.2, 0.25) is 17.8 Å². The van der Waals surface area contributed by atoms with Crippen LogP contribution in [0, 0.1) is 17.6 Å². The number of allylic oxidation sites excluding steroid dienone is 1. The molecule has 2 saturated carbocycles. The van der Waals surface area contributed by atoms with Gasteiger partial charge in [-0.15, -0.1) is 0 Å². The van der Waals surface area contributed by atoms with Gasteiger partial charge in [-0.3, -0.25) is 9.59 Å². The number of benzene rings is 1. The molecule has 2 aromatic rings. The number of aromatic nitrogens is 2. The number of nitrogens with zero attached hydrogens (tertiary/aromatic N) is 4. The van der Waals surface area contributed by atoms with Crippen LogP contribution in [0.15, 0.2) is 24.4 Å². The summed E-state index contributed by atoms with van der Waals surface area (Å²) in [6, 6.07) is 1.60. The average Bonchev–Trinajstić information content (AvgIpc) is 3.79. The van der Waals surface area contributed by atoms with Crippen LogP contribution in [-0.2, 0) is 19.1 Å². The van der Waals surface area contributed by atoms with Gasteiger partial charge in [0.1, 0.15) is 41.2 Å². The summed E-state index contributed by atoms with van der Waals surface area (Å²) in [5, 5.41) is 5.57. The molecule has 0 radical (unpaired) electrons. The van der Waals surface area contributed by atoms with Crippen molar-refractivity contribution in [3.63, 3.8) is 0 Å². The molecular formula is C37H50F2N6O4. The molecule has 2 aliphatic carbocycles. The number of nitrogens with one attached hydrogen (secondary N) is 2. The highest BCUT2D eigenvalue weighted by molar-refractivity contribution is 6.04. The maximum Gasteiger partial charge on any atom is 0.328 e. The molecule has 0 saturated heterocycles. The Kier molecular flexibility index (Phi) is 12.2. The highest BCUT2D eigenvalue weighted by Crippen LogP contribution is 2.40. The minimum absolute atomic E-state index is 0.0122. The van der Waals surface area contributed by atoms with E-state index in [0.717, 1.165) is 51.4 Å². The number of amides is 2. The van der Waals surface area contributed by atoms with Gasteiger partial charge in [-0.05, 0) is 87.8 Å². The van der Waals surface area contributed by atoms with Crippen molar-refractivity contribution in [2.24, 2.45) is 5.92 Å². The zero-order valence-electron chi connectivity index (χ0n) is 29.1. The van der Waals surface area contributed by atoms with Crippen LogP contribution in [0.3, 0.4) is 0 Å². The van der Waals surface area contributed by atoms with E-state index in [4.69, 9.17) is 4.74 Å². The molecule has 2 heterocycles. The number of rotatable bonds is 14. The van der Waals surface area contributed by atoms with E-state index in [9.17, 15) is 14.4 Å². The summed E-state index contributed by atoms with van der Waals surface area (Å²) in [6.07, 6.45) is 15.1. The number of hydrogen-bond acceptors (Lipinski definition) is 8. The van der Waals surface area contributed by atoms with Gasteiger partial charge in [-0.25, -0.2) is 18.6 Å². The van der Waals surface area contributed by atoms with Gasteiger partial charge in [0.25, 0.3) is 0 Å². The van der Waals surface area contributed by atoms with Crippen molar-refractivity contribution >= 4 is 47.0 Å². The van der Waals surface area contributed by atoms with E-state index < -0.39 is 17.7 Å². The van der Waals surface area contributed by atoms with Crippen LogP contribution in [-0.4, -0.2) is 59.0 Å². The summed E-state index contributed by atoms with van der Waals surface area (Å²) in [6.45, 7) is 5.97. The largest absolute Gasteiger partial charge is 0.461 e. The second kappa shape index (κ2) is 16.5. The number of esters is 1.